The van der Waals surface area contributed by atoms with Gasteiger partial charge in [-0.25, -0.2) is 9.59 Å². The summed E-state index contributed by atoms with van der Waals surface area (Å²) in [5.74, 6) is -3.36. The largest absolute Gasteiger partial charge is 0.505 e. The minimum absolute atomic E-state index is 0.112. The van der Waals surface area contributed by atoms with Gasteiger partial charge in [-0.1, -0.05) is 32.4 Å². The molecule has 1 atom stereocenters. The molecule has 1 heterocycles. The van der Waals surface area contributed by atoms with E-state index >= 15 is 0 Å². The third-order valence-corrected chi connectivity index (χ3v) is 4.21. The minimum atomic E-state index is -1.50. The first-order valence-electron chi connectivity index (χ1n) is 8.18. The van der Waals surface area contributed by atoms with Gasteiger partial charge < -0.3 is 20.1 Å². The second kappa shape index (κ2) is 7.86. The number of methoxy groups -OCH3 is 1. The SMILES string of the molecule is CCCc1nc(C(C)c2ccc(OC)cc2)c(C(=O)O)c(C(=O)O)c1O. The summed E-state index contributed by atoms with van der Waals surface area (Å²) >= 11 is 0. The lowest BCUT2D eigenvalue weighted by molar-refractivity contribution is 0.0646. The number of benzene rings is 1. The van der Waals surface area contributed by atoms with Crippen molar-refractivity contribution in [2.45, 2.75) is 32.6 Å². The summed E-state index contributed by atoms with van der Waals surface area (Å²) in [6, 6.07) is 7.00. The summed E-state index contributed by atoms with van der Waals surface area (Å²) in [4.78, 5) is 27.7. The smallest absolute Gasteiger partial charge is 0.340 e. The number of nitrogens with zero attached hydrogens (tertiary/aromatic N) is 1. The molecule has 1 aromatic heterocycles. The van der Waals surface area contributed by atoms with Crippen molar-refractivity contribution in [3.05, 3.63) is 52.3 Å². The molecule has 7 nitrogen and oxygen atoms in total. The maximum absolute atomic E-state index is 11.8. The molecule has 26 heavy (non-hydrogen) atoms. The van der Waals surface area contributed by atoms with E-state index in [0.29, 0.717) is 18.6 Å². The van der Waals surface area contributed by atoms with Crippen molar-refractivity contribution >= 4 is 11.9 Å². The van der Waals surface area contributed by atoms with E-state index in [1.807, 2.05) is 6.92 Å². The Morgan fingerprint density at radius 3 is 2.15 bits per heavy atom. The zero-order valence-corrected chi connectivity index (χ0v) is 14.8. The number of aromatic carboxylic acids is 2. The van der Waals surface area contributed by atoms with E-state index in [1.165, 1.54) is 0 Å². The fourth-order valence-electron chi connectivity index (χ4n) is 2.84. The Morgan fingerprint density at radius 1 is 1.12 bits per heavy atom. The van der Waals surface area contributed by atoms with Crippen LogP contribution in [0.1, 0.15) is 63.9 Å². The summed E-state index contributed by atoms with van der Waals surface area (Å²) in [6.45, 7) is 3.61. The van der Waals surface area contributed by atoms with Crippen LogP contribution in [-0.2, 0) is 6.42 Å². The molecule has 2 aromatic rings. The van der Waals surface area contributed by atoms with Gasteiger partial charge in [-0.3, -0.25) is 4.98 Å². The van der Waals surface area contributed by atoms with Gasteiger partial charge >= 0.3 is 11.9 Å². The van der Waals surface area contributed by atoms with Crippen LogP contribution in [0.5, 0.6) is 11.5 Å². The number of carboxylic acid groups (broad SMARTS) is 2. The van der Waals surface area contributed by atoms with Crippen molar-refractivity contribution in [1.82, 2.24) is 4.98 Å². The topological polar surface area (TPSA) is 117 Å². The number of aromatic hydroxyl groups is 1. The highest BCUT2D eigenvalue weighted by Gasteiger charge is 2.30. The van der Waals surface area contributed by atoms with Crippen molar-refractivity contribution in [2.75, 3.05) is 7.11 Å². The molecule has 0 aliphatic rings. The highest BCUT2D eigenvalue weighted by atomic mass is 16.5. The summed E-state index contributed by atoms with van der Waals surface area (Å²) in [5, 5.41) is 29.3. The van der Waals surface area contributed by atoms with Crippen LogP contribution >= 0.6 is 0 Å². The summed E-state index contributed by atoms with van der Waals surface area (Å²) < 4.78 is 5.11. The van der Waals surface area contributed by atoms with Crippen LogP contribution in [0, 0.1) is 0 Å². The number of carboxylic acids is 2. The monoisotopic (exact) mass is 359 g/mol. The van der Waals surface area contributed by atoms with Crippen LogP contribution in [0.2, 0.25) is 0 Å². The first-order valence-corrected chi connectivity index (χ1v) is 8.18. The van der Waals surface area contributed by atoms with Crippen LogP contribution in [0.3, 0.4) is 0 Å². The average Bonchev–Trinajstić information content (AvgIpc) is 2.62. The van der Waals surface area contributed by atoms with Crippen LogP contribution in [-0.4, -0.2) is 39.4 Å². The van der Waals surface area contributed by atoms with E-state index in [-0.39, 0.29) is 11.4 Å². The van der Waals surface area contributed by atoms with E-state index in [4.69, 9.17) is 4.74 Å². The summed E-state index contributed by atoms with van der Waals surface area (Å²) in [7, 11) is 1.54. The van der Waals surface area contributed by atoms with Crippen LogP contribution in [0.15, 0.2) is 24.3 Å². The molecular formula is C19H21NO6. The van der Waals surface area contributed by atoms with Gasteiger partial charge in [0.25, 0.3) is 0 Å². The molecule has 3 N–H and O–H groups in total. The molecule has 138 valence electrons. The number of carbonyl (C=O) groups is 2. The van der Waals surface area contributed by atoms with Crippen LogP contribution < -0.4 is 4.74 Å². The number of hydrogen-bond donors (Lipinski definition) is 3. The highest BCUT2D eigenvalue weighted by molar-refractivity contribution is 6.04. The Kier molecular flexibility index (Phi) is 5.82. The molecular weight excluding hydrogens is 338 g/mol. The van der Waals surface area contributed by atoms with E-state index in [0.717, 1.165) is 5.56 Å². The lowest BCUT2D eigenvalue weighted by atomic mass is 9.90. The van der Waals surface area contributed by atoms with Gasteiger partial charge in [-0.15, -0.1) is 0 Å². The Morgan fingerprint density at radius 2 is 1.69 bits per heavy atom. The highest BCUT2D eigenvalue weighted by Crippen LogP contribution is 2.34. The zero-order chi connectivity index (χ0) is 19.4. The number of aryl methyl sites for hydroxylation is 1. The maximum atomic E-state index is 11.8. The summed E-state index contributed by atoms with van der Waals surface area (Å²) in [5.41, 5.74) is -0.0543. The number of rotatable bonds is 7. The molecule has 0 fully saturated rings. The fraction of sp³-hybridized carbons (Fsp3) is 0.316. The third-order valence-electron chi connectivity index (χ3n) is 4.21. The Bertz CT molecular complexity index is 829. The van der Waals surface area contributed by atoms with Gasteiger partial charge in [0.15, 0.2) is 5.75 Å². The molecule has 7 heteroatoms. The second-order valence-corrected chi connectivity index (χ2v) is 5.90. The molecule has 0 aliphatic carbocycles. The first-order chi connectivity index (χ1) is 12.3. The van der Waals surface area contributed by atoms with Crippen molar-refractivity contribution in [3.8, 4) is 11.5 Å². The average molecular weight is 359 g/mol. The minimum Gasteiger partial charge on any atom is -0.505 e. The van der Waals surface area contributed by atoms with Crippen molar-refractivity contribution < 1.29 is 29.6 Å². The van der Waals surface area contributed by atoms with Gasteiger partial charge in [0.05, 0.1) is 24.1 Å². The van der Waals surface area contributed by atoms with Crippen LogP contribution in [0.4, 0.5) is 0 Å². The molecule has 0 aliphatic heterocycles. The molecule has 0 saturated heterocycles. The Hall–Kier alpha value is -3.09. The second-order valence-electron chi connectivity index (χ2n) is 5.90. The quantitative estimate of drug-likeness (QED) is 0.694. The molecule has 1 unspecified atom stereocenters. The number of ether oxygens (including phenoxy) is 1. The lowest BCUT2D eigenvalue weighted by Crippen LogP contribution is -2.17. The predicted molar refractivity (Wildman–Crippen MR) is 94.3 cm³/mol. The molecule has 0 saturated carbocycles. The normalized spacial score (nSPS) is 11.8. The standard InChI is InChI=1S/C19H21NO6/c1-4-5-13-17(21)15(19(24)25)14(18(22)23)16(20-13)10(2)11-6-8-12(26-3)9-7-11/h6-10,21H,4-5H2,1-3H3,(H,22,23)(H,24,25). The molecule has 2 rings (SSSR count). The molecule has 0 spiro atoms. The fourth-order valence-corrected chi connectivity index (χ4v) is 2.84. The number of aromatic nitrogens is 1. The van der Waals surface area contributed by atoms with Crippen molar-refractivity contribution in [1.29, 1.82) is 0 Å². The van der Waals surface area contributed by atoms with E-state index in [1.54, 1.807) is 38.3 Å². The van der Waals surface area contributed by atoms with E-state index < -0.39 is 34.7 Å². The number of hydrogen-bond acceptors (Lipinski definition) is 5. The predicted octanol–water partition coefficient (Wildman–Crippen LogP) is 3.30. The van der Waals surface area contributed by atoms with Gasteiger partial charge in [0.2, 0.25) is 0 Å². The van der Waals surface area contributed by atoms with E-state index in [9.17, 15) is 24.9 Å². The Balaban J connectivity index is 2.71. The Labute approximate surface area is 150 Å². The zero-order valence-electron chi connectivity index (χ0n) is 14.8. The number of pyridine rings is 1. The van der Waals surface area contributed by atoms with Gasteiger partial charge in [0, 0.05) is 5.92 Å². The van der Waals surface area contributed by atoms with Gasteiger partial charge in [-0.05, 0) is 24.1 Å². The summed E-state index contributed by atoms with van der Waals surface area (Å²) in [6.07, 6.45) is 0.969. The maximum Gasteiger partial charge on any atom is 0.340 e. The molecule has 0 bridgehead atoms. The molecule has 0 radical (unpaired) electrons. The first kappa shape index (κ1) is 19.2. The van der Waals surface area contributed by atoms with Crippen molar-refractivity contribution in [3.63, 3.8) is 0 Å². The van der Waals surface area contributed by atoms with Gasteiger partial charge in [0.1, 0.15) is 11.3 Å². The van der Waals surface area contributed by atoms with E-state index in [2.05, 4.69) is 4.98 Å². The molecule has 0 amide bonds. The van der Waals surface area contributed by atoms with Gasteiger partial charge in [-0.2, -0.15) is 0 Å². The van der Waals surface area contributed by atoms with Crippen molar-refractivity contribution in [2.24, 2.45) is 0 Å². The van der Waals surface area contributed by atoms with Crippen LogP contribution in [0.25, 0.3) is 0 Å². The third kappa shape index (κ3) is 3.61. The molecule has 1 aromatic carbocycles. The lowest BCUT2D eigenvalue weighted by Gasteiger charge is -2.19.